The second-order valence-corrected chi connectivity index (χ2v) is 5.73. The van der Waals surface area contributed by atoms with Crippen LogP contribution in [0.25, 0.3) is 0 Å². The van der Waals surface area contributed by atoms with Crippen molar-refractivity contribution in [3.8, 4) is 0 Å². The molecule has 1 aliphatic heterocycles. The molecule has 0 saturated carbocycles. The summed E-state index contributed by atoms with van der Waals surface area (Å²) in [6, 6.07) is 3.41. The van der Waals surface area contributed by atoms with Gasteiger partial charge in [-0.05, 0) is 23.8 Å². The van der Waals surface area contributed by atoms with Gasteiger partial charge in [-0.2, -0.15) is 0 Å². The van der Waals surface area contributed by atoms with Gasteiger partial charge in [0.15, 0.2) is 0 Å². The summed E-state index contributed by atoms with van der Waals surface area (Å²) in [5, 5.41) is 9.70. The van der Waals surface area contributed by atoms with Crippen molar-refractivity contribution in [1.29, 1.82) is 0 Å². The van der Waals surface area contributed by atoms with E-state index < -0.39 is 11.9 Å². The van der Waals surface area contributed by atoms with E-state index in [0.717, 1.165) is 6.07 Å². The van der Waals surface area contributed by atoms with Gasteiger partial charge in [0.2, 0.25) is 11.8 Å². The fourth-order valence-corrected chi connectivity index (χ4v) is 2.83. The van der Waals surface area contributed by atoms with Crippen molar-refractivity contribution in [3.63, 3.8) is 0 Å². The highest BCUT2D eigenvalue weighted by atomic mass is 35.5. The van der Waals surface area contributed by atoms with Crippen LogP contribution in [0, 0.1) is 5.82 Å². The first-order valence-corrected chi connectivity index (χ1v) is 7.59. The van der Waals surface area contributed by atoms with E-state index in [1.165, 1.54) is 23.1 Å². The lowest BCUT2D eigenvalue weighted by molar-refractivity contribution is -0.141. The lowest BCUT2D eigenvalue weighted by atomic mass is 10.1. The van der Waals surface area contributed by atoms with E-state index >= 15 is 0 Å². The Morgan fingerprint density at radius 2 is 2.17 bits per heavy atom. The zero-order valence-corrected chi connectivity index (χ0v) is 13.3. The zero-order valence-electron chi connectivity index (χ0n) is 12.5. The number of carbonyl (C=O) groups excluding carboxylic acids is 2. The number of aliphatic hydroxyl groups excluding tert-OH is 1. The molecule has 1 aliphatic rings. The average molecular weight is 341 g/mol. The number of amides is 2. The molecule has 0 bridgehead atoms. The van der Waals surface area contributed by atoms with Crippen molar-refractivity contribution >= 4 is 23.4 Å². The fourth-order valence-electron chi connectivity index (χ4n) is 2.60. The second kappa shape index (κ2) is 7.57. The first-order chi connectivity index (χ1) is 11.0. The summed E-state index contributed by atoms with van der Waals surface area (Å²) in [4.78, 5) is 27.2. The van der Waals surface area contributed by atoms with Crippen LogP contribution < -0.4 is 0 Å². The maximum absolute atomic E-state index is 13.1. The van der Waals surface area contributed by atoms with Gasteiger partial charge in [-0.1, -0.05) is 24.2 Å². The molecule has 0 aromatic heterocycles. The number of piperazine rings is 1. The molecular weight excluding hydrogens is 323 g/mol. The first kappa shape index (κ1) is 17.4. The SMILES string of the molecule is C=CC(=O)N1CCN(C(=O)Cc2ccc(F)cc2Cl)[C@@H](CO)C1. The van der Waals surface area contributed by atoms with Crippen LogP contribution in [0.2, 0.25) is 5.02 Å². The molecule has 0 spiro atoms. The van der Waals surface area contributed by atoms with Crippen LogP contribution in [0.3, 0.4) is 0 Å². The molecule has 23 heavy (non-hydrogen) atoms. The molecule has 1 aromatic rings. The van der Waals surface area contributed by atoms with Crippen LogP contribution in [0.4, 0.5) is 4.39 Å². The molecule has 1 aromatic carbocycles. The molecule has 1 heterocycles. The Labute approximate surface area is 138 Å². The van der Waals surface area contributed by atoms with Crippen LogP contribution in [0.5, 0.6) is 0 Å². The third kappa shape index (κ3) is 4.09. The highest BCUT2D eigenvalue weighted by Gasteiger charge is 2.31. The van der Waals surface area contributed by atoms with E-state index in [1.54, 1.807) is 4.90 Å². The highest BCUT2D eigenvalue weighted by molar-refractivity contribution is 6.31. The Kier molecular flexibility index (Phi) is 5.74. The van der Waals surface area contributed by atoms with Crippen molar-refractivity contribution in [1.82, 2.24) is 9.80 Å². The van der Waals surface area contributed by atoms with Crippen molar-refractivity contribution in [2.75, 3.05) is 26.2 Å². The van der Waals surface area contributed by atoms with Gasteiger partial charge in [0.05, 0.1) is 19.1 Å². The number of hydrogen-bond acceptors (Lipinski definition) is 3. The summed E-state index contributed by atoms with van der Waals surface area (Å²) >= 11 is 5.94. The van der Waals surface area contributed by atoms with Crippen LogP contribution in [0.15, 0.2) is 30.9 Å². The van der Waals surface area contributed by atoms with Gasteiger partial charge >= 0.3 is 0 Å². The van der Waals surface area contributed by atoms with Crippen molar-refractivity contribution < 1.29 is 19.1 Å². The van der Waals surface area contributed by atoms with Gasteiger partial charge in [-0.3, -0.25) is 9.59 Å². The molecule has 0 aliphatic carbocycles. The minimum atomic E-state index is -0.473. The van der Waals surface area contributed by atoms with E-state index in [9.17, 15) is 19.1 Å². The largest absolute Gasteiger partial charge is 0.394 e. The third-order valence-electron chi connectivity index (χ3n) is 3.86. The summed E-state index contributed by atoms with van der Waals surface area (Å²) in [5.41, 5.74) is 0.527. The number of halogens is 2. The van der Waals surface area contributed by atoms with Crippen molar-refractivity contribution in [2.24, 2.45) is 0 Å². The molecule has 1 atom stereocenters. The van der Waals surface area contributed by atoms with Crippen LogP contribution >= 0.6 is 11.6 Å². The van der Waals surface area contributed by atoms with E-state index in [2.05, 4.69) is 6.58 Å². The van der Waals surface area contributed by atoms with Gasteiger partial charge in [-0.25, -0.2) is 4.39 Å². The predicted molar refractivity (Wildman–Crippen MR) is 84.5 cm³/mol. The highest BCUT2D eigenvalue weighted by Crippen LogP contribution is 2.20. The quantitative estimate of drug-likeness (QED) is 0.839. The van der Waals surface area contributed by atoms with E-state index in [1.807, 2.05) is 0 Å². The topological polar surface area (TPSA) is 60.9 Å². The summed E-state index contributed by atoms with van der Waals surface area (Å²) < 4.78 is 13.1. The summed E-state index contributed by atoms with van der Waals surface area (Å²) in [6.07, 6.45) is 1.23. The smallest absolute Gasteiger partial charge is 0.246 e. The summed E-state index contributed by atoms with van der Waals surface area (Å²) in [6.45, 7) is 4.14. The van der Waals surface area contributed by atoms with Gasteiger partial charge in [0, 0.05) is 24.7 Å². The van der Waals surface area contributed by atoms with Crippen LogP contribution in [0.1, 0.15) is 5.56 Å². The normalized spacial score (nSPS) is 18.0. The van der Waals surface area contributed by atoms with Gasteiger partial charge in [0.1, 0.15) is 5.82 Å². The molecule has 7 heteroatoms. The Morgan fingerprint density at radius 3 is 2.78 bits per heavy atom. The van der Waals surface area contributed by atoms with Gasteiger partial charge < -0.3 is 14.9 Å². The average Bonchev–Trinajstić information content (AvgIpc) is 2.55. The first-order valence-electron chi connectivity index (χ1n) is 7.22. The standard InChI is InChI=1S/C16H18ClFN2O3/c1-2-15(22)19-5-6-20(13(9-19)10-21)16(23)7-11-3-4-12(18)8-14(11)17/h2-4,8,13,21H,1,5-7,9-10H2/t13-/m1/s1. The molecule has 5 nitrogen and oxygen atoms in total. The number of nitrogens with zero attached hydrogens (tertiary/aromatic N) is 2. The number of hydrogen-bond donors (Lipinski definition) is 1. The van der Waals surface area contributed by atoms with Gasteiger partial charge in [-0.15, -0.1) is 0 Å². The molecule has 2 rings (SSSR count). The summed E-state index contributed by atoms with van der Waals surface area (Å²) in [7, 11) is 0. The maximum Gasteiger partial charge on any atom is 0.246 e. The summed E-state index contributed by atoms with van der Waals surface area (Å²) in [5.74, 6) is -0.906. The third-order valence-corrected chi connectivity index (χ3v) is 4.21. The number of carbonyl (C=O) groups is 2. The Bertz CT molecular complexity index is 623. The lowest BCUT2D eigenvalue weighted by Gasteiger charge is -2.40. The van der Waals surface area contributed by atoms with Crippen molar-refractivity contribution in [3.05, 3.63) is 47.3 Å². The van der Waals surface area contributed by atoms with E-state index in [-0.39, 0.29) is 36.4 Å². The van der Waals surface area contributed by atoms with Gasteiger partial charge in [0.25, 0.3) is 0 Å². The molecule has 0 unspecified atom stereocenters. The molecule has 1 N–H and O–H groups in total. The number of benzene rings is 1. The van der Waals surface area contributed by atoms with Crippen LogP contribution in [-0.4, -0.2) is 59.0 Å². The fraction of sp³-hybridized carbons (Fsp3) is 0.375. The minimum Gasteiger partial charge on any atom is -0.394 e. The molecule has 124 valence electrons. The van der Waals surface area contributed by atoms with Crippen molar-refractivity contribution in [2.45, 2.75) is 12.5 Å². The number of rotatable bonds is 4. The maximum atomic E-state index is 13.1. The molecule has 0 radical (unpaired) electrons. The molecular formula is C16H18ClFN2O3. The number of aliphatic hydroxyl groups is 1. The van der Waals surface area contributed by atoms with E-state index in [4.69, 9.17) is 11.6 Å². The minimum absolute atomic E-state index is 0.0189. The Balaban J connectivity index is 2.06. The van der Waals surface area contributed by atoms with Crippen LogP contribution in [-0.2, 0) is 16.0 Å². The lowest BCUT2D eigenvalue weighted by Crippen LogP contribution is -2.58. The van der Waals surface area contributed by atoms with E-state index in [0.29, 0.717) is 18.7 Å². The Morgan fingerprint density at radius 1 is 1.43 bits per heavy atom. The Hall–Kier alpha value is -1.92. The monoisotopic (exact) mass is 340 g/mol. The molecule has 1 fully saturated rings. The molecule has 1 saturated heterocycles. The zero-order chi connectivity index (χ0) is 17.0. The second-order valence-electron chi connectivity index (χ2n) is 5.32. The molecule has 2 amide bonds. The predicted octanol–water partition coefficient (Wildman–Crippen LogP) is 1.24.